The van der Waals surface area contributed by atoms with Crippen LogP contribution in [0.25, 0.3) is 27.1 Å². The molecule has 0 fully saturated rings. The summed E-state index contributed by atoms with van der Waals surface area (Å²) >= 11 is 7.06. The minimum atomic E-state index is 0.655. The van der Waals surface area contributed by atoms with Gasteiger partial charge in [-0.1, -0.05) is 0 Å². The average Bonchev–Trinajstić information content (AvgIpc) is 3.00. The Bertz CT molecular complexity index is 993. The summed E-state index contributed by atoms with van der Waals surface area (Å²) in [5, 5.41) is 0. The molecule has 0 spiro atoms. The maximum absolute atomic E-state index is 5.44. The van der Waals surface area contributed by atoms with Gasteiger partial charge in [0.2, 0.25) is 0 Å². The van der Waals surface area contributed by atoms with Crippen LogP contribution < -0.4 is 0 Å². The Labute approximate surface area is 123 Å². The number of nitrogens with one attached hydrogen (secondary N) is 1. The number of nitrogens with zero attached hydrogens (tertiary/aromatic N) is 3. The predicted molar refractivity (Wildman–Crippen MR) is 84.2 cm³/mol. The van der Waals surface area contributed by atoms with Gasteiger partial charge in [0.05, 0.1) is 26.9 Å². The third-order valence-corrected chi connectivity index (χ3v) is 4.31. The third kappa shape index (κ3) is 1.69. The van der Waals surface area contributed by atoms with E-state index in [0.717, 1.165) is 32.6 Å². The maximum atomic E-state index is 5.44. The van der Waals surface area contributed by atoms with Crippen LogP contribution in [0.2, 0.25) is 0 Å². The summed E-state index contributed by atoms with van der Waals surface area (Å²) in [6.07, 6.45) is 1.85. The number of benzene rings is 1. The molecule has 1 N–H and O–H groups in total. The van der Waals surface area contributed by atoms with Gasteiger partial charge in [-0.25, -0.2) is 9.97 Å². The van der Waals surface area contributed by atoms with Crippen molar-refractivity contribution in [1.82, 2.24) is 19.5 Å². The van der Waals surface area contributed by atoms with Gasteiger partial charge in [-0.3, -0.25) is 4.57 Å². The number of hydrogen-bond donors (Lipinski definition) is 1. The number of H-pyrrole nitrogens is 1. The summed E-state index contributed by atoms with van der Waals surface area (Å²) in [7, 11) is 0. The summed E-state index contributed by atoms with van der Waals surface area (Å²) in [5.74, 6) is 0. The quantitative estimate of drug-likeness (QED) is 0.540. The lowest BCUT2D eigenvalue weighted by atomic mass is 10.3. The van der Waals surface area contributed by atoms with E-state index in [4.69, 9.17) is 12.2 Å². The molecule has 0 aliphatic heterocycles. The van der Waals surface area contributed by atoms with Gasteiger partial charge in [0, 0.05) is 6.20 Å². The molecular formula is C14H10N4S2. The molecule has 0 unspecified atom stereocenters. The van der Waals surface area contributed by atoms with E-state index in [1.807, 2.05) is 35.3 Å². The summed E-state index contributed by atoms with van der Waals surface area (Å²) in [6.45, 7) is 2.02. The van der Waals surface area contributed by atoms with Crippen molar-refractivity contribution >= 4 is 44.9 Å². The molecule has 20 heavy (non-hydrogen) atoms. The average molecular weight is 298 g/mol. The molecule has 0 aliphatic rings. The zero-order chi connectivity index (χ0) is 13.7. The van der Waals surface area contributed by atoms with E-state index >= 15 is 0 Å². The number of thiazole rings is 1. The van der Waals surface area contributed by atoms with Crippen molar-refractivity contribution in [1.29, 1.82) is 0 Å². The summed E-state index contributed by atoms with van der Waals surface area (Å²) in [4.78, 5) is 12.0. The Morgan fingerprint density at radius 1 is 1.25 bits per heavy atom. The fraction of sp³-hybridized carbons (Fsp3) is 0.0714. The molecule has 1 aromatic carbocycles. The minimum Gasteiger partial charge on any atom is -0.329 e. The number of hydrogen-bond acceptors (Lipinski definition) is 4. The van der Waals surface area contributed by atoms with Crippen LogP contribution in [0, 0.1) is 11.7 Å². The molecule has 3 heterocycles. The number of pyridine rings is 1. The van der Waals surface area contributed by atoms with Gasteiger partial charge in [-0.05, 0) is 49.0 Å². The normalized spacial score (nSPS) is 11.4. The third-order valence-electron chi connectivity index (χ3n) is 3.23. The Morgan fingerprint density at radius 2 is 2.15 bits per heavy atom. The highest BCUT2D eigenvalue weighted by Crippen LogP contribution is 2.24. The van der Waals surface area contributed by atoms with Crippen molar-refractivity contribution in [2.75, 3.05) is 0 Å². The van der Waals surface area contributed by atoms with E-state index in [1.165, 1.54) is 0 Å². The first kappa shape index (κ1) is 11.7. The Hall–Kier alpha value is -2.05. The summed E-state index contributed by atoms with van der Waals surface area (Å²) < 4.78 is 3.76. The van der Waals surface area contributed by atoms with E-state index in [2.05, 4.69) is 27.1 Å². The summed E-state index contributed by atoms with van der Waals surface area (Å²) in [6, 6.07) is 8.18. The predicted octanol–water partition coefficient (Wildman–Crippen LogP) is 4.00. The van der Waals surface area contributed by atoms with E-state index in [-0.39, 0.29) is 0 Å². The second kappa shape index (κ2) is 4.22. The van der Waals surface area contributed by atoms with Crippen molar-refractivity contribution in [3.8, 4) is 5.69 Å². The molecule has 98 valence electrons. The first-order valence-corrected chi connectivity index (χ1v) is 7.42. The van der Waals surface area contributed by atoms with Crippen molar-refractivity contribution in [2.24, 2.45) is 0 Å². The molecular weight excluding hydrogens is 288 g/mol. The lowest BCUT2D eigenvalue weighted by molar-refractivity contribution is 1.05. The van der Waals surface area contributed by atoms with Crippen molar-refractivity contribution in [3.05, 3.63) is 46.3 Å². The molecule has 4 rings (SSSR count). The fourth-order valence-corrected chi connectivity index (χ4v) is 3.33. The van der Waals surface area contributed by atoms with Gasteiger partial charge < -0.3 is 4.98 Å². The summed E-state index contributed by atoms with van der Waals surface area (Å²) in [5.41, 5.74) is 6.79. The molecule has 0 radical (unpaired) electrons. The maximum Gasteiger partial charge on any atom is 0.183 e. The number of aryl methyl sites for hydroxylation is 1. The number of aromatic amines is 1. The molecule has 0 amide bonds. The number of imidazole rings is 1. The van der Waals surface area contributed by atoms with E-state index in [9.17, 15) is 0 Å². The van der Waals surface area contributed by atoms with Crippen LogP contribution in [-0.2, 0) is 0 Å². The molecule has 0 saturated carbocycles. The Kier molecular flexibility index (Phi) is 2.48. The molecule has 4 nitrogen and oxygen atoms in total. The second-order valence-corrected chi connectivity index (χ2v) is 5.93. The smallest absolute Gasteiger partial charge is 0.183 e. The molecule has 0 atom stereocenters. The van der Waals surface area contributed by atoms with Crippen LogP contribution >= 0.6 is 23.6 Å². The van der Waals surface area contributed by atoms with Gasteiger partial charge in [0.25, 0.3) is 0 Å². The van der Waals surface area contributed by atoms with Crippen molar-refractivity contribution < 1.29 is 0 Å². The number of rotatable bonds is 1. The molecule has 6 heteroatoms. The zero-order valence-electron chi connectivity index (χ0n) is 10.6. The van der Waals surface area contributed by atoms with Gasteiger partial charge in [-0.2, -0.15) is 0 Å². The highest BCUT2D eigenvalue weighted by atomic mass is 32.1. The Balaban J connectivity index is 2.05. The number of fused-ring (bicyclic) bond motifs is 2. The topological polar surface area (TPSA) is 46.5 Å². The minimum absolute atomic E-state index is 0.655. The molecule has 0 aliphatic carbocycles. The number of aromatic nitrogens is 4. The van der Waals surface area contributed by atoms with E-state index in [1.54, 1.807) is 11.3 Å². The van der Waals surface area contributed by atoms with Crippen molar-refractivity contribution in [3.63, 3.8) is 0 Å². The van der Waals surface area contributed by atoms with Gasteiger partial charge >= 0.3 is 0 Å². The highest BCUT2D eigenvalue weighted by molar-refractivity contribution is 7.71. The van der Waals surface area contributed by atoms with Crippen LogP contribution in [0.3, 0.4) is 0 Å². The molecule has 0 saturated heterocycles. The fourth-order valence-electron chi connectivity index (χ4n) is 2.32. The first-order chi connectivity index (χ1) is 9.72. The van der Waals surface area contributed by atoms with Gasteiger partial charge in [-0.15, -0.1) is 11.3 Å². The monoisotopic (exact) mass is 298 g/mol. The lowest BCUT2D eigenvalue weighted by Gasteiger charge is -2.03. The largest absolute Gasteiger partial charge is 0.329 e. The zero-order valence-corrected chi connectivity index (χ0v) is 12.3. The van der Waals surface area contributed by atoms with Crippen LogP contribution in [0.5, 0.6) is 0 Å². The first-order valence-electron chi connectivity index (χ1n) is 6.13. The molecule has 0 bridgehead atoms. The van der Waals surface area contributed by atoms with Gasteiger partial charge in [0.1, 0.15) is 0 Å². The molecule has 4 aromatic rings. The Morgan fingerprint density at radius 3 is 3.05 bits per heavy atom. The van der Waals surface area contributed by atoms with Crippen LogP contribution in [0.1, 0.15) is 5.56 Å². The SMILES string of the molecule is Cc1cnc2c(c1)[nH]c(=S)n2-c1ccc2ncsc2c1. The van der Waals surface area contributed by atoms with Gasteiger partial charge in [0.15, 0.2) is 10.4 Å². The van der Waals surface area contributed by atoms with E-state index < -0.39 is 0 Å². The highest BCUT2D eigenvalue weighted by Gasteiger charge is 2.09. The van der Waals surface area contributed by atoms with Crippen LogP contribution in [0.15, 0.2) is 36.0 Å². The standard InChI is InChI=1S/C14H10N4S2/c1-8-4-11-13(15-6-8)18(14(19)17-11)9-2-3-10-12(5-9)20-7-16-10/h2-7H,1H3,(H,17,19). The van der Waals surface area contributed by atoms with Crippen molar-refractivity contribution in [2.45, 2.75) is 6.92 Å². The lowest BCUT2D eigenvalue weighted by Crippen LogP contribution is -1.95. The van der Waals surface area contributed by atoms with E-state index in [0.29, 0.717) is 4.77 Å². The molecule has 3 aromatic heterocycles. The van der Waals surface area contributed by atoms with Crippen LogP contribution in [-0.4, -0.2) is 19.5 Å². The van der Waals surface area contributed by atoms with Crippen LogP contribution in [0.4, 0.5) is 0 Å². The second-order valence-electron chi connectivity index (χ2n) is 4.65.